The van der Waals surface area contributed by atoms with Gasteiger partial charge >= 0.3 is 0 Å². The maximum atomic E-state index is 12.6. The van der Waals surface area contributed by atoms with E-state index in [0.717, 1.165) is 11.1 Å². The fourth-order valence-corrected chi connectivity index (χ4v) is 3.55. The van der Waals surface area contributed by atoms with Crippen molar-refractivity contribution in [3.63, 3.8) is 0 Å². The minimum absolute atomic E-state index is 0.121. The van der Waals surface area contributed by atoms with Gasteiger partial charge in [0.05, 0.1) is 23.6 Å². The average molecular weight is 411 g/mol. The molecule has 1 fully saturated rings. The number of halogens is 1. The first-order valence-electron chi connectivity index (χ1n) is 9.50. The van der Waals surface area contributed by atoms with Gasteiger partial charge in [0.25, 0.3) is 0 Å². The van der Waals surface area contributed by atoms with Crippen molar-refractivity contribution in [3.05, 3.63) is 64.2 Å². The quantitative estimate of drug-likeness (QED) is 0.822. The summed E-state index contributed by atoms with van der Waals surface area (Å²) >= 11 is 6.00. The van der Waals surface area contributed by atoms with Crippen LogP contribution in [-0.4, -0.2) is 54.3 Å². The maximum absolute atomic E-state index is 12.6. The molecule has 0 spiro atoms. The van der Waals surface area contributed by atoms with Gasteiger partial charge < -0.3 is 10.2 Å². The van der Waals surface area contributed by atoms with Crippen molar-refractivity contribution in [3.8, 4) is 6.07 Å². The van der Waals surface area contributed by atoms with E-state index < -0.39 is 0 Å². The van der Waals surface area contributed by atoms with Crippen LogP contribution >= 0.6 is 11.6 Å². The molecule has 2 amide bonds. The first-order chi connectivity index (χ1) is 14.0. The van der Waals surface area contributed by atoms with Gasteiger partial charge in [-0.15, -0.1) is 0 Å². The Morgan fingerprint density at radius 3 is 2.52 bits per heavy atom. The van der Waals surface area contributed by atoms with Gasteiger partial charge in [-0.25, -0.2) is 0 Å². The summed E-state index contributed by atoms with van der Waals surface area (Å²) in [5, 5.41) is 12.0. The van der Waals surface area contributed by atoms with Crippen LogP contribution in [0.3, 0.4) is 0 Å². The lowest BCUT2D eigenvalue weighted by molar-refractivity contribution is -0.132. The van der Waals surface area contributed by atoms with E-state index in [1.807, 2.05) is 47.1 Å². The SMILES string of the molecule is Cc1ccccc1CC(=O)N1CCN(CC(=O)Nc2ccc(C#N)c(Cl)c2)CC1. The van der Waals surface area contributed by atoms with Gasteiger partial charge in [0.15, 0.2) is 0 Å². The molecule has 0 radical (unpaired) electrons. The third-order valence-corrected chi connectivity index (χ3v) is 5.38. The van der Waals surface area contributed by atoms with Crippen molar-refractivity contribution < 1.29 is 9.59 Å². The summed E-state index contributed by atoms with van der Waals surface area (Å²) in [6, 6.07) is 14.7. The minimum Gasteiger partial charge on any atom is -0.340 e. The lowest BCUT2D eigenvalue weighted by Crippen LogP contribution is -2.50. The van der Waals surface area contributed by atoms with E-state index in [1.54, 1.807) is 18.2 Å². The number of amides is 2. The second kappa shape index (κ2) is 9.55. The first kappa shape index (κ1) is 20.8. The highest BCUT2D eigenvalue weighted by atomic mass is 35.5. The Morgan fingerprint density at radius 2 is 1.86 bits per heavy atom. The Morgan fingerprint density at radius 1 is 1.14 bits per heavy atom. The number of anilines is 1. The van der Waals surface area contributed by atoms with E-state index in [-0.39, 0.29) is 18.4 Å². The second-order valence-corrected chi connectivity index (χ2v) is 7.52. The number of hydrogen-bond donors (Lipinski definition) is 1. The molecule has 1 aliphatic heterocycles. The molecule has 150 valence electrons. The summed E-state index contributed by atoms with van der Waals surface area (Å²) in [5.41, 5.74) is 3.11. The van der Waals surface area contributed by atoms with E-state index >= 15 is 0 Å². The standard InChI is InChI=1S/C22H23ClN4O2/c1-16-4-2-3-5-17(16)12-22(29)27-10-8-26(9-11-27)15-21(28)25-19-7-6-18(14-24)20(23)13-19/h2-7,13H,8-12,15H2,1H3,(H,25,28). The van der Waals surface area contributed by atoms with Crippen LogP contribution in [0.5, 0.6) is 0 Å². The average Bonchev–Trinajstić information content (AvgIpc) is 2.70. The number of hydrogen-bond acceptors (Lipinski definition) is 4. The van der Waals surface area contributed by atoms with E-state index in [9.17, 15) is 9.59 Å². The molecule has 6 nitrogen and oxygen atoms in total. The van der Waals surface area contributed by atoms with Crippen LogP contribution in [0, 0.1) is 18.3 Å². The molecule has 0 atom stereocenters. The predicted octanol–water partition coefficient (Wildman–Crippen LogP) is 2.85. The molecule has 7 heteroatoms. The van der Waals surface area contributed by atoms with E-state index in [2.05, 4.69) is 5.32 Å². The van der Waals surface area contributed by atoms with Gasteiger partial charge in [-0.1, -0.05) is 35.9 Å². The zero-order valence-electron chi connectivity index (χ0n) is 16.3. The molecule has 1 aliphatic rings. The van der Waals surface area contributed by atoms with Crippen LogP contribution in [0.4, 0.5) is 5.69 Å². The Labute approximate surface area is 175 Å². The lowest BCUT2D eigenvalue weighted by atomic mass is 10.1. The fourth-order valence-electron chi connectivity index (χ4n) is 3.33. The molecule has 0 bridgehead atoms. The summed E-state index contributed by atoms with van der Waals surface area (Å²) in [5.74, 6) is -0.0268. The van der Waals surface area contributed by atoms with Crippen molar-refractivity contribution >= 4 is 29.1 Å². The summed E-state index contributed by atoms with van der Waals surface area (Å²) in [6.45, 7) is 4.79. The highest BCUT2D eigenvalue weighted by molar-refractivity contribution is 6.32. The fraction of sp³-hybridized carbons (Fsp3) is 0.318. The third kappa shape index (κ3) is 5.57. The second-order valence-electron chi connectivity index (χ2n) is 7.11. The molecule has 0 unspecified atom stereocenters. The van der Waals surface area contributed by atoms with Crippen LogP contribution in [0.2, 0.25) is 5.02 Å². The van der Waals surface area contributed by atoms with Crippen LogP contribution in [0.25, 0.3) is 0 Å². The Bertz CT molecular complexity index is 946. The van der Waals surface area contributed by atoms with Gasteiger partial charge in [-0.2, -0.15) is 5.26 Å². The van der Waals surface area contributed by atoms with Gasteiger partial charge in [0, 0.05) is 31.9 Å². The third-order valence-electron chi connectivity index (χ3n) is 5.07. The predicted molar refractivity (Wildman–Crippen MR) is 113 cm³/mol. The molecule has 0 saturated carbocycles. The largest absolute Gasteiger partial charge is 0.340 e. The summed E-state index contributed by atoms with van der Waals surface area (Å²) in [4.78, 5) is 28.8. The molecular formula is C22H23ClN4O2. The normalized spacial score (nSPS) is 14.3. The molecule has 2 aromatic carbocycles. The smallest absolute Gasteiger partial charge is 0.238 e. The van der Waals surface area contributed by atoms with Crippen LogP contribution in [-0.2, 0) is 16.0 Å². The summed E-state index contributed by atoms with van der Waals surface area (Å²) in [7, 11) is 0. The maximum Gasteiger partial charge on any atom is 0.238 e. The monoisotopic (exact) mass is 410 g/mol. The molecule has 0 aliphatic carbocycles. The number of carbonyl (C=O) groups excluding carboxylic acids is 2. The van der Waals surface area contributed by atoms with Gasteiger partial charge in [0.1, 0.15) is 6.07 Å². The molecule has 2 aromatic rings. The zero-order valence-corrected chi connectivity index (χ0v) is 17.1. The molecule has 0 aromatic heterocycles. The van der Waals surface area contributed by atoms with E-state index in [4.69, 9.17) is 16.9 Å². The van der Waals surface area contributed by atoms with Crippen LogP contribution in [0.15, 0.2) is 42.5 Å². The number of nitriles is 1. The summed E-state index contributed by atoms with van der Waals surface area (Å²) in [6.07, 6.45) is 0.409. The highest BCUT2D eigenvalue weighted by Gasteiger charge is 2.22. The van der Waals surface area contributed by atoms with E-state index in [0.29, 0.717) is 48.9 Å². The van der Waals surface area contributed by atoms with E-state index in [1.165, 1.54) is 0 Å². The first-order valence-corrected chi connectivity index (χ1v) is 9.88. The Balaban J connectivity index is 1.46. The van der Waals surface area contributed by atoms with Crippen molar-refractivity contribution in [2.24, 2.45) is 0 Å². The number of carbonyl (C=O) groups is 2. The molecule has 3 rings (SSSR count). The van der Waals surface area contributed by atoms with Gasteiger partial charge in [-0.05, 0) is 36.2 Å². The van der Waals surface area contributed by atoms with Crippen LogP contribution < -0.4 is 5.32 Å². The number of nitrogens with one attached hydrogen (secondary N) is 1. The number of piperazine rings is 1. The number of aryl methyl sites for hydroxylation is 1. The number of rotatable bonds is 5. The lowest BCUT2D eigenvalue weighted by Gasteiger charge is -2.34. The van der Waals surface area contributed by atoms with Crippen molar-refractivity contribution in [2.45, 2.75) is 13.3 Å². The number of nitrogens with zero attached hydrogens (tertiary/aromatic N) is 3. The molecule has 1 saturated heterocycles. The molecule has 29 heavy (non-hydrogen) atoms. The highest BCUT2D eigenvalue weighted by Crippen LogP contribution is 2.20. The van der Waals surface area contributed by atoms with Crippen LogP contribution in [0.1, 0.15) is 16.7 Å². The molecule has 1 heterocycles. The molecule has 1 N–H and O–H groups in total. The summed E-state index contributed by atoms with van der Waals surface area (Å²) < 4.78 is 0. The Hall–Kier alpha value is -2.88. The van der Waals surface area contributed by atoms with Crippen molar-refractivity contribution in [1.29, 1.82) is 5.26 Å². The van der Waals surface area contributed by atoms with Gasteiger partial charge in [0.2, 0.25) is 11.8 Å². The van der Waals surface area contributed by atoms with Crippen molar-refractivity contribution in [1.82, 2.24) is 9.80 Å². The van der Waals surface area contributed by atoms with Crippen molar-refractivity contribution in [2.75, 3.05) is 38.0 Å². The zero-order chi connectivity index (χ0) is 20.8. The topological polar surface area (TPSA) is 76.4 Å². The van der Waals surface area contributed by atoms with Gasteiger partial charge in [-0.3, -0.25) is 14.5 Å². The minimum atomic E-state index is -0.148. The molecular weight excluding hydrogens is 388 g/mol. The number of benzene rings is 2. The Kier molecular flexibility index (Phi) is 6.86.